The molecule has 0 N–H and O–H groups in total. The quantitative estimate of drug-likeness (QED) is 0.171. The number of nitrogens with zero attached hydrogens (tertiary/aromatic N) is 9. The van der Waals surface area contributed by atoms with Crippen LogP contribution >= 0.6 is 0 Å². The van der Waals surface area contributed by atoms with Crippen molar-refractivity contribution in [3.05, 3.63) is 273 Å². The molecule has 22 aromatic rings. The van der Waals surface area contributed by atoms with E-state index in [1.807, 2.05) is 18.5 Å². The molecule has 0 amide bonds. The third-order valence-corrected chi connectivity index (χ3v) is 20.0. The Morgan fingerprint density at radius 3 is 1.41 bits per heavy atom. The minimum absolute atomic E-state index is 0.604. The van der Waals surface area contributed by atoms with Gasteiger partial charge in [-0.25, -0.2) is 19.9 Å². The van der Waals surface area contributed by atoms with E-state index in [4.69, 9.17) is 24.9 Å². The zero-order valence-corrected chi connectivity index (χ0v) is 49.0. The molecule has 0 saturated carbocycles. The van der Waals surface area contributed by atoms with E-state index in [0.29, 0.717) is 5.95 Å². The van der Waals surface area contributed by atoms with Crippen LogP contribution in [-0.4, -0.2) is 42.9 Å². The predicted octanol–water partition coefficient (Wildman–Crippen LogP) is 20.8. The minimum Gasteiger partial charge on any atom is -0.308 e. The molecule has 9 nitrogen and oxygen atoms in total. The molecule has 92 heavy (non-hydrogen) atoms. The Kier molecular flexibility index (Phi) is 9.26. The van der Waals surface area contributed by atoms with Gasteiger partial charge in [-0.1, -0.05) is 194 Å². The number of pyridine rings is 1. The summed E-state index contributed by atoms with van der Waals surface area (Å²) in [4.78, 5) is 27.5. The molecule has 0 atom stereocenters. The van der Waals surface area contributed by atoms with Gasteiger partial charge in [0.15, 0.2) is 5.82 Å². The van der Waals surface area contributed by atoms with Gasteiger partial charge in [0.1, 0.15) is 5.69 Å². The van der Waals surface area contributed by atoms with E-state index in [1.54, 1.807) is 0 Å². The zero-order chi connectivity index (χ0) is 59.6. The van der Waals surface area contributed by atoms with Crippen LogP contribution in [0.4, 0.5) is 0 Å². The second-order valence-corrected chi connectivity index (χ2v) is 24.7. The van der Waals surface area contributed by atoms with E-state index in [0.717, 1.165) is 138 Å². The van der Waals surface area contributed by atoms with E-state index in [1.165, 1.54) is 65.2 Å². The summed E-state index contributed by atoms with van der Waals surface area (Å²) in [6.45, 7) is 0. The smallest absolute Gasteiger partial charge is 0.235 e. The van der Waals surface area contributed by atoms with Crippen LogP contribution < -0.4 is 0 Å². The molecule has 9 heteroatoms. The van der Waals surface area contributed by atoms with Crippen molar-refractivity contribution >= 4 is 163 Å². The highest BCUT2D eigenvalue weighted by Gasteiger charge is 2.30. The molecular weight excluding hydrogens is 1120 g/mol. The third kappa shape index (κ3) is 6.23. The van der Waals surface area contributed by atoms with Crippen molar-refractivity contribution in [1.82, 2.24) is 42.9 Å². The van der Waals surface area contributed by atoms with Crippen molar-refractivity contribution in [2.75, 3.05) is 0 Å². The lowest BCUT2D eigenvalue weighted by Crippen LogP contribution is -2.04. The summed E-state index contributed by atoms with van der Waals surface area (Å²) in [5, 5.41) is 19.7. The van der Waals surface area contributed by atoms with Crippen LogP contribution in [0.1, 0.15) is 0 Å². The Bertz CT molecular complexity index is 7010. The molecule has 0 unspecified atom stereocenters. The summed E-state index contributed by atoms with van der Waals surface area (Å²) in [6.07, 6.45) is 3.96. The van der Waals surface area contributed by atoms with Gasteiger partial charge in [-0.05, 0) is 83.1 Å². The fourth-order valence-corrected chi connectivity index (χ4v) is 16.2. The highest BCUT2D eigenvalue weighted by Crippen LogP contribution is 2.51. The van der Waals surface area contributed by atoms with E-state index < -0.39 is 0 Å². The van der Waals surface area contributed by atoms with Gasteiger partial charge in [-0.3, -0.25) is 14.1 Å². The average Bonchev–Trinajstić information content (AvgIpc) is 1.53. The molecule has 9 heterocycles. The molecule has 0 fully saturated rings. The van der Waals surface area contributed by atoms with Crippen molar-refractivity contribution in [1.29, 1.82) is 0 Å². The van der Waals surface area contributed by atoms with Crippen LogP contribution in [0.2, 0.25) is 0 Å². The monoisotopic (exact) mass is 1170 g/mol. The SMILES string of the molecule is c1ccc(-c2nc3ccccc3nc2-n2c3c4ccccc4ccc3c3cc4c5cc(-c6cncc(-c7nc(-n8c9c%10ccccc%10ccc9c9cc%10c%11ccccc%11n%11c%12ccccc%12c(c98)c%10%11)nc8ccccc78)c6)ccc5n5c6ccccc6c(c32)c45)cc1. The number of para-hydroxylation sites is 6. The third-order valence-electron chi connectivity index (χ3n) is 20.0. The Hall–Kier alpha value is -12.6. The van der Waals surface area contributed by atoms with Crippen LogP contribution in [0.25, 0.3) is 209 Å². The normalized spacial score (nSPS) is 12.6. The molecular formula is C83H45N9. The lowest BCUT2D eigenvalue weighted by Gasteiger charge is -2.15. The summed E-state index contributed by atoms with van der Waals surface area (Å²) in [5.41, 5.74) is 19.5. The number of rotatable bonds is 5. The topological polar surface area (TPSA) is 83.1 Å². The molecule has 13 aromatic carbocycles. The molecule has 22 rings (SSSR count). The van der Waals surface area contributed by atoms with Gasteiger partial charge in [0, 0.05) is 110 Å². The fourth-order valence-electron chi connectivity index (χ4n) is 16.2. The summed E-state index contributed by atoms with van der Waals surface area (Å²) >= 11 is 0. The highest BCUT2D eigenvalue weighted by molar-refractivity contribution is 6.37. The van der Waals surface area contributed by atoms with Crippen LogP contribution in [0.5, 0.6) is 0 Å². The molecule has 0 radical (unpaired) electrons. The maximum Gasteiger partial charge on any atom is 0.235 e. The summed E-state index contributed by atoms with van der Waals surface area (Å²) in [7, 11) is 0. The van der Waals surface area contributed by atoms with E-state index in [2.05, 4.69) is 273 Å². The Morgan fingerprint density at radius 2 is 0.739 bits per heavy atom. The maximum atomic E-state index is 5.78. The van der Waals surface area contributed by atoms with Crippen LogP contribution in [-0.2, 0) is 0 Å². The van der Waals surface area contributed by atoms with Crippen molar-refractivity contribution in [2.24, 2.45) is 0 Å². The number of benzene rings is 13. The molecule has 0 saturated heterocycles. The molecule has 0 spiro atoms. The second-order valence-electron chi connectivity index (χ2n) is 24.7. The Morgan fingerprint density at radius 1 is 0.239 bits per heavy atom. The van der Waals surface area contributed by atoms with E-state index in [9.17, 15) is 0 Å². The van der Waals surface area contributed by atoms with Gasteiger partial charge in [-0.2, -0.15) is 0 Å². The molecule has 422 valence electrons. The largest absolute Gasteiger partial charge is 0.308 e. The first-order chi connectivity index (χ1) is 45.7. The van der Waals surface area contributed by atoms with Crippen LogP contribution in [0.3, 0.4) is 0 Å². The van der Waals surface area contributed by atoms with Gasteiger partial charge in [0.2, 0.25) is 5.95 Å². The number of aromatic nitrogens is 9. The molecule has 0 aliphatic carbocycles. The first kappa shape index (κ1) is 48.4. The molecule has 0 bridgehead atoms. The van der Waals surface area contributed by atoms with Crippen molar-refractivity contribution in [3.63, 3.8) is 0 Å². The zero-order valence-electron chi connectivity index (χ0n) is 49.0. The van der Waals surface area contributed by atoms with Gasteiger partial charge >= 0.3 is 0 Å². The first-order valence-electron chi connectivity index (χ1n) is 31.3. The minimum atomic E-state index is 0.604. The van der Waals surface area contributed by atoms with Crippen molar-refractivity contribution < 1.29 is 0 Å². The fraction of sp³-hybridized carbons (Fsp3) is 0. The van der Waals surface area contributed by atoms with Crippen molar-refractivity contribution in [3.8, 4) is 45.4 Å². The first-order valence-corrected chi connectivity index (χ1v) is 31.3. The highest BCUT2D eigenvalue weighted by atomic mass is 15.2. The number of hydrogen-bond acceptors (Lipinski definition) is 5. The molecule has 9 aromatic heterocycles. The molecule has 0 aliphatic heterocycles. The Balaban J connectivity index is 0.789. The predicted molar refractivity (Wildman–Crippen MR) is 380 cm³/mol. The second kappa shape index (κ2) is 17.6. The van der Waals surface area contributed by atoms with E-state index >= 15 is 0 Å². The lowest BCUT2D eigenvalue weighted by atomic mass is 9.99. The van der Waals surface area contributed by atoms with Crippen molar-refractivity contribution in [2.45, 2.75) is 0 Å². The van der Waals surface area contributed by atoms with Gasteiger partial charge in [0.25, 0.3) is 0 Å². The van der Waals surface area contributed by atoms with Crippen LogP contribution in [0, 0.1) is 0 Å². The summed E-state index contributed by atoms with van der Waals surface area (Å²) in [5.74, 6) is 1.40. The van der Waals surface area contributed by atoms with Gasteiger partial charge in [-0.15, -0.1) is 0 Å². The maximum absolute atomic E-state index is 5.78. The Labute approximate surface area is 521 Å². The van der Waals surface area contributed by atoms with Gasteiger partial charge < -0.3 is 8.80 Å². The summed E-state index contributed by atoms with van der Waals surface area (Å²) in [6, 6.07) is 94.4. The van der Waals surface area contributed by atoms with Crippen LogP contribution in [0.15, 0.2) is 273 Å². The van der Waals surface area contributed by atoms with E-state index in [-0.39, 0.29) is 0 Å². The number of hydrogen-bond donors (Lipinski definition) is 0. The molecule has 0 aliphatic rings. The number of fused-ring (bicyclic) bond motifs is 26. The average molecular weight is 1170 g/mol. The lowest BCUT2D eigenvalue weighted by molar-refractivity contribution is 1.02. The summed E-state index contributed by atoms with van der Waals surface area (Å²) < 4.78 is 9.75. The standard InChI is InChI=1S/C83H45N9/c1-2-20-48(21-3-1)75-82(86-67-30-14-13-29-66(67)85-75)91-76-52-22-6-4-18-46(52)34-37-55(76)62-43-64-60-41-49(36-39-71(60)90-70-33-17-10-26-58(70)72(79(64)90)80(62)91)50-40-51(45-84-44-50)74-57-25-8-12-28-65(57)87-83(88-74)92-77-53-23-7-5-19-47(53)35-38-56(77)63-42-61-54-24-9-15-31-68(54)89-69-32-16-11-27-59(69)73(78(61)89)81(63)92/h1-45H. The van der Waals surface area contributed by atoms with Gasteiger partial charge in [0.05, 0.1) is 77.4 Å².